The second kappa shape index (κ2) is 7.50. The smallest absolute Gasteiger partial charge is 0.416 e. The number of ether oxygens (including phenoxy) is 2. The van der Waals surface area contributed by atoms with E-state index in [9.17, 15) is 18.0 Å². The quantitative estimate of drug-likeness (QED) is 0.560. The van der Waals surface area contributed by atoms with E-state index in [-0.39, 0.29) is 11.1 Å². The highest BCUT2D eigenvalue weighted by Crippen LogP contribution is 2.35. The summed E-state index contributed by atoms with van der Waals surface area (Å²) in [7, 11) is 1.25. The lowest BCUT2D eigenvalue weighted by Gasteiger charge is -2.15. The Morgan fingerprint density at radius 2 is 1.89 bits per heavy atom. The summed E-state index contributed by atoms with van der Waals surface area (Å²) in [5.74, 6) is -0.0278. The first-order chi connectivity index (χ1) is 13.3. The van der Waals surface area contributed by atoms with E-state index in [2.05, 4.69) is 4.98 Å². The molecular formula is C21H18F3NO3. The Labute approximate surface area is 159 Å². The summed E-state index contributed by atoms with van der Waals surface area (Å²) in [6.45, 7) is 3.93. The third-order valence-electron chi connectivity index (χ3n) is 4.36. The lowest BCUT2D eigenvalue weighted by molar-refractivity contribution is -0.137. The molecule has 28 heavy (non-hydrogen) atoms. The van der Waals surface area contributed by atoms with Crippen LogP contribution >= 0.6 is 0 Å². The number of methoxy groups -OCH3 is 1. The molecule has 3 rings (SSSR count). The maximum Gasteiger partial charge on any atom is 0.416 e. The standard InChI is InChI=1S/C21H18F3NO3/c1-4-28-15-8-9-17-16(11-15)18(20(26)27-3)12(2)19(25-17)13-6-5-7-14(10-13)21(22,23)24/h5-11H,4H2,1-3H3. The zero-order chi connectivity index (χ0) is 20.5. The number of nitrogens with zero attached hydrogens (tertiary/aromatic N) is 1. The topological polar surface area (TPSA) is 48.4 Å². The number of alkyl halides is 3. The molecule has 0 amide bonds. The van der Waals surface area contributed by atoms with E-state index in [1.807, 2.05) is 6.92 Å². The summed E-state index contributed by atoms with van der Waals surface area (Å²) >= 11 is 0. The van der Waals surface area contributed by atoms with Crippen LogP contribution in [0.4, 0.5) is 13.2 Å². The van der Waals surface area contributed by atoms with Crippen LogP contribution in [0.3, 0.4) is 0 Å². The van der Waals surface area contributed by atoms with Crippen molar-refractivity contribution in [2.24, 2.45) is 0 Å². The molecule has 0 saturated heterocycles. The van der Waals surface area contributed by atoms with Gasteiger partial charge in [-0.2, -0.15) is 13.2 Å². The van der Waals surface area contributed by atoms with Crippen molar-refractivity contribution in [2.75, 3.05) is 13.7 Å². The molecule has 0 fully saturated rings. The molecule has 0 atom stereocenters. The molecule has 4 nitrogen and oxygen atoms in total. The van der Waals surface area contributed by atoms with Crippen LogP contribution in [0.2, 0.25) is 0 Å². The Balaban J connectivity index is 2.29. The van der Waals surface area contributed by atoms with Gasteiger partial charge in [-0.3, -0.25) is 0 Å². The number of fused-ring (bicyclic) bond motifs is 1. The minimum atomic E-state index is -4.47. The maximum absolute atomic E-state index is 13.1. The van der Waals surface area contributed by atoms with E-state index < -0.39 is 17.7 Å². The number of hydrogen-bond donors (Lipinski definition) is 0. The lowest BCUT2D eigenvalue weighted by Crippen LogP contribution is -2.09. The van der Waals surface area contributed by atoms with Gasteiger partial charge >= 0.3 is 12.1 Å². The van der Waals surface area contributed by atoms with Gasteiger partial charge in [0.15, 0.2) is 0 Å². The van der Waals surface area contributed by atoms with Gasteiger partial charge in [0.25, 0.3) is 0 Å². The number of carbonyl (C=O) groups excluding carboxylic acids is 1. The molecule has 1 aromatic heterocycles. The van der Waals surface area contributed by atoms with E-state index in [4.69, 9.17) is 9.47 Å². The zero-order valence-corrected chi connectivity index (χ0v) is 15.6. The first-order valence-electron chi connectivity index (χ1n) is 8.59. The van der Waals surface area contributed by atoms with Gasteiger partial charge in [-0.25, -0.2) is 9.78 Å². The van der Waals surface area contributed by atoms with E-state index in [1.165, 1.54) is 19.2 Å². The summed E-state index contributed by atoms with van der Waals surface area (Å²) in [5, 5.41) is 0.519. The van der Waals surface area contributed by atoms with Crippen molar-refractivity contribution in [1.29, 1.82) is 0 Å². The molecule has 2 aromatic carbocycles. The molecule has 3 aromatic rings. The van der Waals surface area contributed by atoms with Gasteiger partial charge in [0.1, 0.15) is 5.75 Å². The van der Waals surface area contributed by atoms with Crippen molar-refractivity contribution in [3.63, 3.8) is 0 Å². The van der Waals surface area contributed by atoms with E-state index in [1.54, 1.807) is 25.1 Å². The summed E-state index contributed by atoms with van der Waals surface area (Å²) in [5.41, 5.74) is 0.935. The number of carbonyl (C=O) groups is 1. The number of halogens is 3. The predicted molar refractivity (Wildman–Crippen MR) is 99.4 cm³/mol. The van der Waals surface area contributed by atoms with Crippen molar-refractivity contribution >= 4 is 16.9 Å². The van der Waals surface area contributed by atoms with Gasteiger partial charge in [0.05, 0.1) is 36.1 Å². The molecule has 7 heteroatoms. The van der Waals surface area contributed by atoms with Crippen LogP contribution in [0.25, 0.3) is 22.2 Å². The summed E-state index contributed by atoms with van der Waals surface area (Å²) < 4.78 is 49.7. The van der Waals surface area contributed by atoms with Crippen LogP contribution in [0.1, 0.15) is 28.4 Å². The first kappa shape index (κ1) is 19.7. The van der Waals surface area contributed by atoms with Gasteiger partial charge in [-0.1, -0.05) is 12.1 Å². The summed E-state index contributed by atoms with van der Waals surface area (Å²) in [6, 6.07) is 9.92. The van der Waals surface area contributed by atoms with Crippen molar-refractivity contribution in [1.82, 2.24) is 4.98 Å². The highest BCUT2D eigenvalue weighted by Gasteiger charge is 2.31. The number of hydrogen-bond acceptors (Lipinski definition) is 4. The maximum atomic E-state index is 13.1. The number of benzene rings is 2. The van der Waals surface area contributed by atoms with Crippen molar-refractivity contribution < 1.29 is 27.4 Å². The minimum Gasteiger partial charge on any atom is -0.494 e. The Hall–Kier alpha value is -3.09. The fourth-order valence-electron chi connectivity index (χ4n) is 3.08. The molecule has 0 bridgehead atoms. The largest absolute Gasteiger partial charge is 0.494 e. The Morgan fingerprint density at radius 3 is 2.54 bits per heavy atom. The van der Waals surface area contributed by atoms with Gasteiger partial charge in [-0.15, -0.1) is 0 Å². The number of pyridine rings is 1. The van der Waals surface area contributed by atoms with Crippen molar-refractivity contribution in [2.45, 2.75) is 20.0 Å². The first-order valence-corrected chi connectivity index (χ1v) is 8.59. The van der Waals surface area contributed by atoms with Crippen LogP contribution in [0, 0.1) is 6.92 Å². The molecule has 0 aliphatic rings. The Bertz CT molecular complexity index is 1040. The number of rotatable bonds is 4. The molecule has 0 aliphatic carbocycles. The Kier molecular flexibility index (Phi) is 5.27. The molecule has 0 aliphatic heterocycles. The average molecular weight is 389 g/mol. The van der Waals surface area contributed by atoms with Gasteiger partial charge in [0, 0.05) is 10.9 Å². The second-order valence-corrected chi connectivity index (χ2v) is 6.14. The number of aromatic nitrogens is 1. The highest BCUT2D eigenvalue weighted by molar-refractivity contribution is 6.06. The molecule has 0 radical (unpaired) electrons. The summed E-state index contributed by atoms with van der Waals surface area (Å²) in [4.78, 5) is 17.0. The molecule has 0 N–H and O–H groups in total. The fraction of sp³-hybridized carbons (Fsp3) is 0.238. The lowest BCUT2D eigenvalue weighted by atomic mass is 9.96. The zero-order valence-electron chi connectivity index (χ0n) is 15.6. The van der Waals surface area contributed by atoms with Crippen molar-refractivity contribution in [3.05, 3.63) is 59.2 Å². The van der Waals surface area contributed by atoms with Gasteiger partial charge < -0.3 is 9.47 Å². The van der Waals surface area contributed by atoms with E-state index in [0.29, 0.717) is 34.5 Å². The SMILES string of the molecule is CCOc1ccc2nc(-c3cccc(C(F)(F)F)c3)c(C)c(C(=O)OC)c2c1. The van der Waals surface area contributed by atoms with Crippen LogP contribution in [0.5, 0.6) is 5.75 Å². The van der Waals surface area contributed by atoms with Crippen LogP contribution in [0.15, 0.2) is 42.5 Å². The van der Waals surface area contributed by atoms with Crippen LogP contribution in [-0.2, 0) is 10.9 Å². The molecule has 0 spiro atoms. The molecule has 0 unspecified atom stereocenters. The fourth-order valence-corrected chi connectivity index (χ4v) is 3.08. The van der Waals surface area contributed by atoms with Crippen LogP contribution in [-0.4, -0.2) is 24.7 Å². The predicted octanol–water partition coefficient (Wildman–Crippen LogP) is 5.41. The third-order valence-corrected chi connectivity index (χ3v) is 4.36. The average Bonchev–Trinajstić information content (AvgIpc) is 2.66. The van der Waals surface area contributed by atoms with Gasteiger partial charge in [-0.05, 0) is 49.7 Å². The minimum absolute atomic E-state index is 0.251. The molecular weight excluding hydrogens is 371 g/mol. The third kappa shape index (κ3) is 3.65. The summed E-state index contributed by atoms with van der Waals surface area (Å²) in [6.07, 6.45) is -4.47. The highest BCUT2D eigenvalue weighted by atomic mass is 19.4. The van der Waals surface area contributed by atoms with Crippen LogP contribution < -0.4 is 4.74 Å². The number of esters is 1. The van der Waals surface area contributed by atoms with E-state index in [0.717, 1.165) is 12.1 Å². The van der Waals surface area contributed by atoms with E-state index >= 15 is 0 Å². The monoisotopic (exact) mass is 389 g/mol. The normalized spacial score (nSPS) is 11.5. The molecule has 146 valence electrons. The van der Waals surface area contributed by atoms with Crippen molar-refractivity contribution in [3.8, 4) is 17.0 Å². The van der Waals surface area contributed by atoms with Gasteiger partial charge in [0.2, 0.25) is 0 Å². The molecule has 0 saturated carbocycles. The Morgan fingerprint density at radius 1 is 1.14 bits per heavy atom. The second-order valence-electron chi connectivity index (χ2n) is 6.14. The molecule has 1 heterocycles.